The van der Waals surface area contributed by atoms with Gasteiger partial charge in [-0.2, -0.15) is 0 Å². The minimum Gasteiger partial charge on any atom is -0.294 e. The van der Waals surface area contributed by atoms with Gasteiger partial charge >= 0.3 is 0 Å². The van der Waals surface area contributed by atoms with E-state index in [1.165, 1.54) is 0 Å². The summed E-state index contributed by atoms with van der Waals surface area (Å²) in [6, 6.07) is 12.7. The van der Waals surface area contributed by atoms with E-state index in [2.05, 4.69) is 4.98 Å². The van der Waals surface area contributed by atoms with Crippen molar-refractivity contribution < 1.29 is 13.2 Å². The van der Waals surface area contributed by atoms with E-state index in [0.29, 0.717) is 17.5 Å². The molecular weight excluding hydrogens is 354 g/mol. The monoisotopic (exact) mass is 373 g/mol. The van der Waals surface area contributed by atoms with Crippen LogP contribution in [-0.2, 0) is 22.0 Å². The fourth-order valence-electron chi connectivity index (χ4n) is 2.49. The van der Waals surface area contributed by atoms with Crippen molar-refractivity contribution in [2.75, 3.05) is 0 Å². The Bertz CT molecular complexity index is 1000. The third-order valence-electron chi connectivity index (χ3n) is 4.12. The van der Waals surface area contributed by atoms with Gasteiger partial charge in [0.2, 0.25) is 0 Å². The molecule has 0 atom stereocenters. The van der Waals surface area contributed by atoms with Gasteiger partial charge in [-0.3, -0.25) is 4.79 Å². The predicted molar refractivity (Wildman–Crippen MR) is 102 cm³/mol. The number of ketones is 1. The summed E-state index contributed by atoms with van der Waals surface area (Å²) in [7, 11) is -3.14. The van der Waals surface area contributed by atoms with Crippen molar-refractivity contribution in [2.45, 2.75) is 31.3 Å². The van der Waals surface area contributed by atoms with Gasteiger partial charge in [0.1, 0.15) is 0 Å². The summed E-state index contributed by atoms with van der Waals surface area (Å²) in [6.45, 7) is 3.35. The molecule has 0 aliphatic heterocycles. The van der Waals surface area contributed by atoms with Crippen LogP contribution in [0.1, 0.15) is 35.3 Å². The third-order valence-corrected chi connectivity index (χ3v) is 7.10. The molecular formula is C19H19NO3S2. The number of hydrogen-bond acceptors (Lipinski definition) is 5. The molecule has 1 aromatic heterocycles. The zero-order chi connectivity index (χ0) is 18.0. The summed E-state index contributed by atoms with van der Waals surface area (Å²) in [5, 5.41) is -0.408. The van der Waals surface area contributed by atoms with E-state index in [4.69, 9.17) is 0 Å². The van der Waals surface area contributed by atoms with Gasteiger partial charge in [-0.05, 0) is 37.1 Å². The SMILES string of the molecule is CC(C)S(=O)(=O)Cc1ccc(C(=O)Cc2ccc3scnc3c2)cc1. The van der Waals surface area contributed by atoms with Crippen LogP contribution in [0.3, 0.4) is 0 Å². The molecule has 0 bridgehead atoms. The molecule has 3 rings (SSSR count). The molecule has 0 unspecified atom stereocenters. The van der Waals surface area contributed by atoms with E-state index in [9.17, 15) is 13.2 Å². The zero-order valence-electron chi connectivity index (χ0n) is 14.1. The van der Waals surface area contributed by atoms with Crippen molar-refractivity contribution >= 4 is 37.2 Å². The molecule has 0 fully saturated rings. The first-order valence-corrected chi connectivity index (χ1v) is 10.6. The van der Waals surface area contributed by atoms with E-state index in [0.717, 1.165) is 15.8 Å². The lowest BCUT2D eigenvalue weighted by atomic mass is 10.0. The summed E-state index contributed by atoms with van der Waals surface area (Å²) < 4.78 is 25.0. The average molecular weight is 373 g/mol. The van der Waals surface area contributed by atoms with Crippen molar-refractivity contribution in [2.24, 2.45) is 0 Å². The van der Waals surface area contributed by atoms with Gasteiger partial charge in [-0.1, -0.05) is 30.3 Å². The van der Waals surface area contributed by atoms with Crippen LogP contribution in [0.15, 0.2) is 48.0 Å². The summed E-state index contributed by atoms with van der Waals surface area (Å²) in [6.07, 6.45) is 0.303. The molecule has 0 N–H and O–H groups in total. The van der Waals surface area contributed by atoms with Crippen LogP contribution in [-0.4, -0.2) is 24.4 Å². The number of rotatable bonds is 6. The lowest BCUT2D eigenvalue weighted by Crippen LogP contribution is -2.16. The number of Topliss-reactive ketones (excluding diaryl/α,β-unsaturated/α-hetero) is 1. The lowest BCUT2D eigenvalue weighted by molar-refractivity contribution is 0.0993. The average Bonchev–Trinajstić information content (AvgIpc) is 3.02. The molecule has 2 aromatic carbocycles. The van der Waals surface area contributed by atoms with Crippen LogP contribution in [0.5, 0.6) is 0 Å². The Hall–Kier alpha value is -2.05. The maximum atomic E-state index is 12.5. The molecule has 0 radical (unpaired) electrons. The fraction of sp³-hybridized carbons (Fsp3) is 0.263. The van der Waals surface area contributed by atoms with Crippen LogP contribution >= 0.6 is 11.3 Å². The molecule has 1 heterocycles. The third kappa shape index (κ3) is 4.14. The van der Waals surface area contributed by atoms with E-state index in [-0.39, 0.29) is 11.5 Å². The molecule has 130 valence electrons. The molecule has 3 aromatic rings. The highest BCUT2D eigenvalue weighted by atomic mass is 32.2. The maximum absolute atomic E-state index is 12.5. The Balaban J connectivity index is 1.72. The van der Waals surface area contributed by atoms with Gasteiger partial charge in [-0.25, -0.2) is 13.4 Å². The van der Waals surface area contributed by atoms with Gasteiger partial charge in [0.15, 0.2) is 15.6 Å². The Labute approximate surface area is 151 Å². The second-order valence-corrected chi connectivity index (χ2v) is 9.75. The first kappa shape index (κ1) is 17.8. The number of sulfone groups is 1. The second-order valence-electron chi connectivity index (χ2n) is 6.31. The molecule has 0 saturated heterocycles. The predicted octanol–water partition coefficient (Wildman–Crippen LogP) is 4.04. The minimum absolute atomic E-state index is 0.000367. The number of hydrogen-bond donors (Lipinski definition) is 0. The Morgan fingerprint density at radius 3 is 2.44 bits per heavy atom. The molecule has 25 heavy (non-hydrogen) atoms. The van der Waals surface area contributed by atoms with E-state index < -0.39 is 15.1 Å². The molecule has 0 aliphatic rings. The van der Waals surface area contributed by atoms with Crippen molar-refractivity contribution in [3.8, 4) is 0 Å². The van der Waals surface area contributed by atoms with Crippen LogP contribution in [0.2, 0.25) is 0 Å². The molecule has 0 saturated carbocycles. The zero-order valence-corrected chi connectivity index (χ0v) is 15.7. The van der Waals surface area contributed by atoms with Gasteiger partial charge in [-0.15, -0.1) is 11.3 Å². The highest BCUT2D eigenvalue weighted by Crippen LogP contribution is 2.20. The largest absolute Gasteiger partial charge is 0.294 e. The summed E-state index contributed by atoms with van der Waals surface area (Å²) in [5.74, 6) is 0.00690. The minimum atomic E-state index is -3.14. The number of thiazole rings is 1. The molecule has 0 amide bonds. The van der Waals surface area contributed by atoms with Crippen LogP contribution < -0.4 is 0 Å². The number of aromatic nitrogens is 1. The topological polar surface area (TPSA) is 64.1 Å². The number of benzene rings is 2. The van der Waals surface area contributed by atoms with E-state index >= 15 is 0 Å². The quantitative estimate of drug-likeness (QED) is 0.612. The first-order chi connectivity index (χ1) is 11.8. The van der Waals surface area contributed by atoms with Crippen LogP contribution in [0.4, 0.5) is 0 Å². The Morgan fingerprint density at radius 2 is 1.76 bits per heavy atom. The lowest BCUT2D eigenvalue weighted by Gasteiger charge is -2.08. The number of nitrogens with zero attached hydrogens (tertiary/aromatic N) is 1. The van der Waals surface area contributed by atoms with Crippen molar-refractivity contribution in [1.82, 2.24) is 4.98 Å². The summed E-state index contributed by atoms with van der Waals surface area (Å²) in [5.41, 5.74) is 4.91. The van der Waals surface area contributed by atoms with E-state index in [1.807, 2.05) is 18.2 Å². The summed E-state index contributed by atoms with van der Waals surface area (Å²) >= 11 is 1.57. The number of fused-ring (bicyclic) bond motifs is 1. The van der Waals surface area contributed by atoms with Gasteiger partial charge in [0.25, 0.3) is 0 Å². The highest BCUT2D eigenvalue weighted by molar-refractivity contribution is 7.91. The van der Waals surface area contributed by atoms with Crippen molar-refractivity contribution in [3.05, 3.63) is 64.7 Å². The van der Waals surface area contributed by atoms with E-state index in [1.54, 1.807) is 55.0 Å². The number of carbonyl (C=O) groups excluding carboxylic acids is 1. The molecule has 4 nitrogen and oxygen atoms in total. The Morgan fingerprint density at radius 1 is 1.08 bits per heavy atom. The summed E-state index contributed by atoms with van der Waals surface area (Å²) in [4.78, 5) is 16.7. The normalized spacial score (nSPS) is 12.0. The van der Waals surface area contributed by atoms with Crippen LogP contribution in [0, 0.1) is 0 Å². The maximum Gasteiger partial charge on any atom is 0.167 e. The number of carbonyl (C=O) groups is 1. The highest BCUT2D eigenvalue weighted by Gasteiger charge is 2.17. The van der Waals surface area contributed by atoms with Gasteiger partial charge < -0.3 is 0 Å². The molecule has 0 aliphatic carbocycles. The van der Waals surface area contributed by atoms with Crippen LogP contribution in [0.25, 0.3) is 10.2 Å². The van der Waals surface area contributed by atoms with Gasteiger partial charge in [0.05, 0.1) is 26.7 Å². The fourth-order valence-corrected chi connectivity index (χ4v) is 4.14. The standard InChI is InChI=1S/C19H19NO3S2/c1-13(2)25(22,23)11-14-3-6-16(7-4-14)18(21)10-15-5-8-19-17(9-15)20-12-24-19/h3-9,12-13H,10-11H2,1-2H3. The molecule has 0 spiro atoms. The Kier molecular flexibility index (Phi) is 5.01. The smallest absolute Gasteiger partial charge is 0.167 e. The van der Waals surface area contributed by atoms with Gasteiger partial charge in [0, 0.05) is 12.0 Å². The first-order valence-electron chi connectivity index (χ1n) is 8.01. The van der Waals surface area contributed by atoms with Crippen molar-refractivity contribution in [3.63, 3.8) is 0 Å². The van der Waals surface area contributed by atoms with Crippen molar-refractivity contribution in [1.29, 1.82) is 0 Å². The second kappa shape index (κ2) is 7.06. The molecule has 6 heteroatoms.